The molecule has 0 aliphatic heterocycles. The lowest BCUT2D eigenvalue weighted by molar-refractivity contribution is -0.121. The Morgan fingerprint density at radius 3 is 2.95 bits per heavy atom. The van der Waals surface area contributed by atoms with E-state index in [1.165, 1.54) is 30.4 Å². The normalized spacial score (nSPS) is 17.6. The SMILES string of the molecule is CC(C)CNC(=O)CCNCC1CCCc2ccccc21. The van der Waals surface area contributed by atoms with Gasteiger partial charge in [-0.15, -0.1) is 0 Å². The Morgan fingerprint density at radius 1 is 1.33 bits per heavy atom. The van der Waals surface area contributed by atoms with E-state index in [0.717, 1.165) is 19.6 Å². The highest BCUT2D eigenvalue weighted by molar-refractivity contribution is 5.76. The molecule has 2 N–H and O–H groups in total. The second-order valence-electron chi connectivity index (χ2n) is 6.44. The maximum atomic E-state index is 11.6. The van der Waals surface area contributed by atoms with E-state index >= 15 is 0 Å². The highest BCUT2D eigenvalue weighted by Crippen LogP contribution is 2.30. The van der Waals surface area contributed by atoms with Crippen LogP contribution in [0.4, 0.5) is 0 Å². The molecule has 0 aromatic heterocycles. The number of carbonyl (C=O) groups is 1. The first-order chi connectivity index (χ1) is 10.2. The lowest BCUT2D eigenvalue weighted by Crippen LogP contribution is -2.32. The molecular formula is C18H28N2O. The number of hydrogen-bond acceptors (Lipinski definition) is 2. The van der Waals surface area contributed by atoms with Gasteiger partial charge in [0, 0.05) is 26.1 Å². The van der Waals surface area contributed by atoms with Gasteiger partial charge in [-0.2, -0.15) is 0 Å². The summed E-state index contributed by atoms with van der Waals surface area (Å²) in [5.41, 5.74) is 3.01. The number of amides is 1. The van der Waals surface area contributed by atoms with Gasteiger partial charge in [0.05, 0.1) is 0 Å². The Kier molecular flexibility index (Phi) is 6.24. The molecule has 1 aliphatic rings. The lowest BCUT2D eigenvalue weighted by Gasteiger charge is -2.25. The van der Waals surface area contributed by atoms with Crippen molar-refractivity contribution in [2.75, 3.05) is 19.6 Å². The Bertz CT molecular complexity index is 456. The van der Waals surface area contributed by atoms with Crippen molar-refractivity contribution in [3.63, 3.8) is 0 Å². The lowest BCUT2D eigenvalue weighted by atomic mass is 9.83. The smallest absolute Gasteiger partial charge is 0.221 e. The molecule has 0 spiro atoms. The average molecular weight is 288 g/mol. The summed E-state index contributed by atoms with van der Waals surface area (Å²) in [6.45, 7) is 6.74. The second-order valence-corrected chi connectivity index (χ2v) is 6.44. The van der Waals surface area contributed by atoms with Crippen molar-refractivity contribution < 1.29 is 4.79 Å². The fourth-order valence-corrected chi connectivity index (χ4v) is 2.95. The van der Waals surface area contributed by atoms with E-state index in [4.69, 9.17) is 0 Å². The Balaban J connectivity index is 1.69. The maximum Gasteiger partial charge on any atom is 0.221 e. The first kappa shape index (κ1) is 16.0. The molecule has 0 heterocycles. The molecular weight excluding hydrogens is 260 g/mol. The minimum absolute atomic E-state index is 0.153. The fourth-order valence-electron chi connectivity index (χ4n) is 2.95. The standard InChI is InChI=1S/C18H28N2O/c1-14(2)12-20-18(21)10-11-19-13-16-8-5-7-15-6-3-4-9-17(15)16/h3-4,6,9,14,16,19H,5,7-8,10-13H2,1-2H3,(H,20,21). The minimum atomic E-state index is 0.153. The highest BCUT2D eigenvalue weighted by atomic mass is 16.1. The first-order valence-electron chi connectivity index (χ1n) is 8.22. The summed E-state index contributed by atoms with van der Waals surface area (Å²) in [4.78, 5) is 11.6. The van der Waals surface area contributed by atoms with Crippen LogP contribution in [0.15, 0.2) is 24.3 Å². The van der Waals surface area contributed by atoms with Crippen LogP contribution >= 0.6 is 0 Å². The molecule has 0 radical (unpaired) electrons. The molecule has 1 aromatic carbocycles. The van der Waals surface area contributed by atoms with Crippen molar-refractivity contribution in [3.8, 4) is 0 Å². The van der Waals surface area contributed by atoms with Crippen molar-refractivity contribution in [1.29, 1.82) is 0 Å². The number of aryl methyl sites for hydroxylation is 1. The predicted octanol–water partition coefficient (Wildman–Crippen LogP) is 2.86. The Labute approximate surface area is 128 Å². The van der Waals surface area contributed by atoms with Gasteiger partial charge >= 0.3 is 0 Å². The zero-order valence-corrected chi connectivity index (χ0v) is 13.3. The van der Waals surface area contributed by atoms with Crippen LogP contribution in [-0.2, 0) is 11.2 Å². The van der Waals surface area contributed by atoms with Gasteiger partial charge in [-0.25, -0.2) is 0 Å². The summed E-state index contributed by atoms with van der Waals surface area (Å²) in [5, 5.41) is 6.41. The summed E-state index contributed by atoms with van der Waals surface area (Å²) in [5.74, 6) is 1.27. The number of rotatable bonds is 7. The monoisotopic (exact) mass is 288 g/mol. The largest absolute Gasteiger partial charge is 0.356 e. The van der Waals surface area contributed by atoms with Crippen LogP contribution in [0.3, 0.4) is 0 Å². The fraction of sp³-hybridized carbons (Fsp3) is 0.611. The van der Waals surface area contributed by atoms with Crippen LogP contribution < -0.4 is 10.6 Å². The molecule has 0 fully saturated rings. The Hall–Kier alpha value is -1.35. The molecule has 0 saturated heterocycles. The molecule has 1 aromatic rings. The van der Waals surface area contributed by atoms with Gasteiger partial charge in [0.2, 0.25) is 5.91 Å². The van der Waals surface area contributed by atoms with Crippen molar-refractivity contribution >= 4 is 5.91 Å². The molecule has 1 amide bonds. The summed E-state index contributed by atoms with van der Waals surface area (Å²) >= 11 is 0. The topological polar surface area (TPSA) is 41.1 Å². The van der Waals surface area contributed by atoms with Gasteiger partial charge in [-0.1, -0.05) is 38.1 Å². The third kappa shape index (κ3) is 5.16. The average Bonchev–Trinajstić information content (AvgIpc) is 2.49. The van der Waals surface area contributed by atoms with Gasteiger partial charge in [-0.05, 0) is 42.2 Å². The van der Waals surface area contributed by atoms with Gasteiger partial charge in [0.25, 0.3) is 0 Å². The van der Waals surface area contributed by atoms with Crippen LogP contribution in [0.25, 0.3) is 0 Å². The molecule has 3 nitrogen and oxygen atoms in total. The number of carbonyl (C=O) groups excluding carboxylic acids is 1. The molecule has 1 unspecified atom stereocenters. The molecule has 0 saturated carbocycles. The van der Waals surface area contributed by atoms with Gasteiger partial charge in [0.15, 0.2) is 0 Å². The van der Waals surface area contributed by atoms with E-state index in [2.05, 4.69) is 48.7 Å². The maximum absolute atomic E-state index is 11.6. The zero-order chi connectivity index (χ0) is 15.1. The third-order valence-corrected chi connectivity index (χ3v) is 4.12. The van der Waals surface area contributed by atoms with E-state index in [-0.39, 0.29) is 5.91 Å². The van der Waals surface area contributed by atoms with E-state index in [0.29, 0.717) is 18.3 Å². The van der Waals surface area contributed by atoms with Crippen molar-refractivity contribution in [2.24, 2.45) is 5.92 Å². The van der Waals surface area contributed by atoms with E-state index in [1.54, 1.807) is 0 Å². The number of fused-ring (bicyclic) bond motifs is 1. The molecule has 21 heavy (non-hydrogen) atoms. The quantitative estimate of drug-likeness (QED) is 0.758. The Morgan fingerprint density at radius 2 is 2.14 bits per heavy atom. The number of hydrogen-bond donors (Lipinski definition) is 2. The summed E-state index contributed by atoms with van der Waals surface area (Å²) < 4.78 is 0. The van der Waals surface area contributed by atoms with E-state index in [1.807, 2.05) is 0 Å². The summed E-state index contributed by atoms with van der Waals surface area (Å²) in [6, 6.07) is 8.78. The van der Waals surface area contributed by atoms with Gasteiger partial charge < -0.3 is 10.6 Å². The summed E-state index contributed by atoms with van der Waals surface area (Å²) in [7, 11) is 0. The molecule has 1 atom stereocenters. The predicted molar refractivity (Wildman–Crippen MR) is 87.5 cm³/mol. The van der Waals surface area contributed by atoms with E-state index < -0.39 is 0 Å². The highest BCUT2D eigenvalue weighted by Gasteiger charge is 2.19. The van der Waals surface area contributed by atoms with Crippen molar-refractivity contribution in [1.82, 2.24) is 10.6 Å². The van der Waals surface area contributed by atoms with Crippen LogP contribution in [0.2, 0.25) is 0 Å². The molecule has 0 bridgehead atoms. The van der Waals surface area contributed by atoms with Crippen LogP contribution in [-0.4, -0.2) is 25.5 Å². The molecule has 2 rings (SSSR count). The second kappa shape index (κ2) is 8.18. The van der Waals surface area contributed by atoms with Crippen LogP contribution in [0.1, 0.15) is 50.2 Å². The summed E-state index contributed by atoms with van der Waals surface area (Å²) in [6.07, 6.45) is 4.31. The molecule has 3 heteroatoms. The van der Waals surface area contributed by atoms with Crippen LogP contribution in [0.5, 0.6) is 0 Å². The number of benzene rings is 1. The van der Waals surface area contributed by atoms with Gasteiger partial charge in [-0.3, -0.25) is 4.79 Å². The number of nitrogens with one attached hydrogen (secondary N) is 2. The molecule has 1 aliphatic carbocycles. The first-order valence-corrected chi connectivity index (χ1v) is 8.22. The zero-order valence-electron chi connectivity index (χ0n) is 13.3. The van der Waals surface area contributed by atoms with Crippen molar-refractivity contribution in [3.05, 3.63) is 35.4 Å². The van der Waals surface area contributed by atoms with Crippen LogP contribution in [0, 0.1) is 5.92 Å². The van der Waals surface area contributed by atoms with E-state index in [9.17, 15) is 4.79 Å². The third-order valence-electron chi connectivity index (χ3n) is 4.12. The minimum Gasteiger partial charge on any atom is -0.356 e. The van der Waals surface area contributed by atoms with Gasteiger partial charge in [0.1, 0.15) is 0 Å². The van der Waals surface area contributed by atoms with Crippen molar-refractivity contribution in [2.45, 2.75) is 45.4 Å². The molecule has 116 valence electrons.